The number of hydrogen-bond acceptors (Lipinski definition) is 7. The lowest BCUT2D eigenvalue weighted by molar-refractivity contribution is -0.431. The molecule has 0 saturated carbocycles. The molecule has 138 valence electrons. The zero-order chi connectivity index (χ0) is 19.4. The maximum atomic E-state index is 12.5. The molecule has 0 radical (unpaired) electrons. The molecular weight excluding hydrogens is 410 g/mol. The van der Waals surface area contributed by atoms with Gasteiger partial charge in [0.25, 0.3) is 11.4 Å². The van der Waals surface area contributed by atoms with E-state index in [2.05, 4.69) is 21.2 Å². The zero-order valence-electron chi connectivity index (χ0n) is 14.0. The monoisotopic (exact) mass is 425 g/mol. The highest BCUT2D eigenvalue weighted by Gasteiger charge is 2.41. The van der Waals surface area contributed by atoms with Crippen molar-refractivity contribution in [1.29, 1.82) is 0 Å². The van der Waals surface area contributed by atoms with Gasteiger partial charge >= 0.3 is 5.97 Å². The standard InChI is InChI=1S/C16H16BrN3O6/c1-9-13(16(21)26-7-6-17)14(15(20(24)25)10(2)18-9)11-4-3-5-12(8-11)19(22)23/h3-5,8,14,18H,6-7H2,1-2H3. The molecule has 0 bridgehead atoms. The molecular formula is C16H16BrN3O6. The molecule has 1 aromatic rings. The summed E-state index contributed by atoms with van der Waals surface area (Å²) in [5.74, 6) is -1.79. The molecule has 0 amide bonds. The summed E-state index contributed by atoms with van der Waals surface area (Å²) < 4.78 is 5.13. The topological polar surface area (TPSA) is 125 Å². The van der Waals surface area contributed by atoms with Crippen LogP contribution >= 0.6 is 15.9 Å². The number of non-ortho nitro benzene ring substituents is 1. The van der Waals surface area contributed by atoms with Gasteiger partial charge in [-0.1, -0.05) is 28.1 Å². The molecule has 0 aliphatic carbocycles. The van der Waals surface area contributed by atoms with Gasteiger partial charge in [-0.25, -0.2) is 4.79 Å². The second-order valence-corrected chi connectivity index (χ2v) is 6.33. The van der Waals surface area contributed by atoms with Gasteiger partial charge in [-0.05, 0) is 19.4 Å². The third kappa shape index (κ3) is 3.90. The lowest BCUT2D eigenvalue weighted by atomic mass is 9.84. The molecule has 2 rings (SSSR count). The van der Waals surface area contributed by atoms with Crippen LogP contribution in [0.2, 0.25) is 0 Å². The predicted octanol–water partition coefficient (Wildman–Crippen LogP) is 3.00. The zero-order valence-corrected chi connectivity index (χ0v) is 15.6. The van der Waals surface area contributed by atoms with Crippen molar-refractivity contribution in [3.05, 3.63) is 72.7 Å². The fourth-order valence-electron chi connectivity index (χ4n) is 2.85. The Morgan fingerprint density at radius 2 is 1.92 bits per heavy atom. The molecule has 0 spiro atoms. The Kier molecular flexibility index (Phi) is 6.09. The summed E-state index contributed by atoms with van der Waals surface area (Å²) in [7, 11) is 0. The summed E-state index contributed by atoms with van der Waals surface area (Å²) in [5.41, 5.74) is 0.542. The minimum atomic E-state index is -1.08. The van der Waals surface area contributed by atoms with E-state index in [1.807, 2.05) is 0 Å². The first-order valence-corrected chi connectivity index (χ1v) is 8.70. The Morgan fingerprint density at radius 1 is 1.23 bits per heavy atom. The molecule has 9 nitrogen and oxygen atoms in total. The second kappa shape index (κ2) is 8.09. The number of allylic oxidation sites excluding steroid dienone is 3. The van der Waals surface area contributed by atoms with E-state index < -0.39 is 21.7 Å². The van der Waals surface area contributed by atoms with Gasteiger partial charge in [-0.3, -0.25) is 20.2 Å². The highest BCUT2D eigenvalue weighted by Crippen LogP contribution is 2.39. The van der Waals surface area contributed by atoms with Gasteiger partial charge in [0.2, 0.25) is 0 Å². The van der Waals surface area contributed by atoms with Gasteiger partial charge in [0, 0.05) is 23.2 Å². The summed E-state index contributed by atoms with van der Waals surface area (Å²) in [6.07, 6.45) is 0. The number of dihydropyridines is 1. The fraction of sp³-hybridized carbons (Fsp3) is 0.312. The number of nitro benzene ring substituents is 1. The quantitative estimate of drug-likeness (QED) is 0.321. The number of carbonyl (C=O) groups is 1. The largest absolute Gasteiger partial charge is 0.461 e. The third-order valence-corrected chi connectivity index (χ3v) is 4.19. The van der Waals surface area contributed by atoms with Gasteiger partial charge in [0.1, 0.15) is 12.5 Å². The Bertz CT molecular complexity index is 833. The molecule has 1 aromatic carbocycles. The van der Waals surface area contributed by atoms with Crippen LogP contribution in [0.1, 0.15) is 25.3 Å². The molecule has 1 aliphatic heterocycles. The van der Waals surface area contributed by atoms with Crippen molar-refractivity contribution in [1.82, 2.24) is 5.32 Å². The number of nitrogens with one attached hydrogen (secondary N) is 1. The molecule has 0 aromatic heterocycles. The van der Waals surface area contributed by atoms with Crippen LogP contribution in [0.4, 0.5) is 5.69 Å². The Morgan fingerprint density at radius 3 is 2.50 bits per heavy atom. The first-order chi connectivity index (χ1) is 12.3. The highest BCUT2D eigenvalue weighted by atomic mass is 79.9. The minimum absolute atomic E-state index is 0.0590. The lowest BCUT2D eigenvalue weighted by Crippen LogP contribution is -2.31. The van der Waals surface area contributed by atoms with Crippen molar-refractivity contribution in [2.75, 3.05) is 11.9 Å². The van der Waals surface area contributed by atoms with Gasteiger partial charge in [0.05, 0.1) is 21.1 Å². The number of carbonyl (C=O) groups excluding carboxylic acids is 1. The van der Waals surface area contributed by atoms with E-state index in [1.54, 1.807) is 6.92 Å². The number of nitro groups is 2. The summed E-state index contributed by atoms with van der Waals surface area (Å²) in [5, 5.41) is 26.0. The van der Waals surface area contributed by atoms with Crippen LogP contribution in [0.3, 0.4) is 0 Å². The number of halogens is 1. The maximum absolute atomic E-state index is 12.5. The lowest BCUT2D eigenvalue weighted by Gasteiger charge is -2.26. The van der Waals surface area contributed by atoms with Crippen molar-refractivity contribution in [2.45, 2.75) is 19.8 Å². The van der Waals surface area contributed by atoms with E-state index in [4.69, 9.17) is 4.74 Å². The summed E-state index contributed by atoms with van der Waals surface area (Å²) in [6.45, 7) is 3.22. The molecule has 1 heterocycles. The van der Waals surface area contributed by atoms with Crippen LogP contribution in [-0.2, 0) is 9.53 Å². The SMILES string of the molecule is CC1=C(C(=O)OCCBr)C(c2cccc([N+](=O)[O-])c2)C([N+](=O)[O-])=C(C)N1. The molecule has 10 heteroatoms. The van der Waals surface area contributed by atoms with Gasteiger partial charge in [-0.2, -0.15) is 0 Å². The van der Waals surface area contributed by atoms with Gasteiger partial charge in [-0.15, -0.1) is 0 Å². The second-order valence-electron chi connectivity index (χ2n) is 5.54. The molecule has 1 aliphatic rings. The van der Waals surface area contributed by atoms with E-state index in [9.17, 15) is 25.0 Å². The Balaban J connectivity index is 2.64. The van der Waals surface area contributed by atoms with Gasteiger partial charge in [0.15, 0.2) is 0 Å². The number of nitrogens with zero attached hydrogens (tertiary/aromatic N) is 2. The van der Waals surface area contributed by atoms with Crippen LogP contribution in [0.15, 0.2) is 46.9 Å². The molecule has 26 heavy (non-hydrogen) atoms. The van der Waals surface area contributed by atoms with Crippen LogP contribution < -0.4 is 5.32 Å². The van der Waals surface area contributed by atoms with Crippen molar-refractivity contribution < 1.29 is 19.4 Å². The minimum Gasteiger partial charge on any atom is -0.461 e. The predicted molar refractivity (Wildman–Crippen MR) is 96.1 cm³/mol. The van der Waals surface area contributed by atoms with Crippen molar-refractivity contribution >= 4 is 27.6 Å². The van der Waals surface area contributed by atoms with E-state index in [0.29, 0.717) is 11.0 Å². The maximum Gasteiger partial charge on any atom is 0.337 e. The molecule has 1 atom stereocenters. The number of ether oxygens (including phenoxy) is 1. The molecule has 0 fully saturated rings. The van der Waals surface area contributed by atoms with Gasteiger partial charge < -0.3 is 10.1 Å². The van der Waals surface area contributed by atoms with Crippen molar-refractivity contribution in [3.8, 4) is 0 Å². The fourth-order valence-corrected chi connectivity index (χ4v) is 3.01. The average molecular weight is 426 g/mol. The van der Waals surface area contributed by atoms with E-state index in [0.717, 1.165) is 0 Å². The number of benzene rings is 1. The van der Waals surface area contributed by atoms with Crippen LogP contribution in [-0.4, -0.2) is 27.8 Å². The number of esters is 1. The smallest absolute Gasteiger partial charge is 0.337 e. The third-order valence-electron chi connectivity index (χ3n) is 3.87. The number of rotatable bonds is 6. The summed E-state index contributed by atoms with van der Waals surface area (Å²) in [6, 6.07) is 5.47. The summed E-state index contributed by atoms with van der Waals surface area (Å²) in [4.78, 5) is 34.1. The van der Waals surface area contributed by atoms with E-state index in [1.165, 1.54) is 31.2 Å². The number of alkyl halides is 1. The Labute approximate surface area is 157 Å². The molecule has 1 unspecified atom stereocenters. The first-order valence-electron chi connectivity index (χ1n) is 7.58. The summed E-state index contributed by atoms with van der Waals surface area (Å²) >= 11 is 3.15. The van der Waals surface area contributed by atoms with Crippen LogP contribution in [0.25, 0.3) is 0 Å². The van der Waals surface area contributed by atoms with Crippen LogP contribution in [0, 0.1) is 20.2 Å². The first kappa shape index (κ1) is 19.6. The van der Waals surface area contributed by atoms with Crippen molar-refractivity contribution in [3.63, 3.8) is 0 Å². The van der Waals surface area contributed by atoms with Crippen molar-refractivity contribution in [2.24, 2.45) is 0 Å². The number of hydrogen-bond donors (Lipinski definition) is 1. The molecule has 0 saturated heterocycles. The van der Waals surface area contributed by atoms with E-state index in [-0.39, 0.29) is 34.8 Å². The highest BCUT2D eigenvalue weighted by molar-refractivity contribution is 9.09. The van der Waals surface area contributed by atoms with Crippen LogP contribution in [0.5, 0.6) is 0 Å². The normalized spacial score (nSPS) is 17.0. The Hall–Kier alpha value is -2.75. The molecule has 1 N–H and O–H groups in total. The average Bonchev–Trinajstić information content (AvgIpc) is 2.58. The van der Waals surface area contributed by atoms with E-state index >= 15 is 0 Å².